The van der Waals surface area contributed by atoms with E-state index in [1.807, 2.05) is 43.2 Å². The number of nitrogens with one attached hydrogen (secondary N) is 1. The monoisotopic (exact) mass is 326 g/mol. The topological polar surface area (TPSA) is 59.8 Å². The summed E-state index contributed by atoms with van der Waals surface area (Å²) in [6.07, 6.45) is 11.4. The lowest BCUT2D eigenvalue weighted by molar-refractivity contribution is -0.124. The van der Waals surface area contributed by atoms with E-state index in [1.54, 1.807) is 6.20 Å². The highest BCUT2D eigenvalue weighted by atomic mass is 16.1. The first-order valence-corrected chi connectivity index (χ1v) is 8.82. The van der Waals surface area contributed by atoms with Crippen LogP contribution >= 0.6 is 0 Å². The van der Waals surface area contributed by atoms with Gasteiger partial charge in [-0.1, -0.05) is 25.3 Å². The number of amides is 1. The van der Waals surface area contributed by atoms with Gasteiger partial charge in [0, 0.05) is 37.2 Å². The van der Waals surface area contributed by atoms with Gasteiger partial charge < -0.3 is 5.32 Å². The van der Waals surface area contributed by atoms with Crippen LogP contribution in [0.4, 0.5) is 0 Å². The highest BCUT2D eigenvalue weighted by Gasteiger charge is 2.31. The molecule has 1 N–H and O–H groups in total. The molecular weight excluding hydrogens is 300 g/mol. The highest BCUT2D eigenvalue weighted by Crippen LogP contribution is 2.36. The fourth-order valence-electron chi connectivity index (χ4n) is 3.68. The van der Waals surface area contributed by atoms with Gasteiger partial charge in [0.1, 0.15) is 0 Å². The van der Waals surface area contributed by atoms with Crippen LogP contribution in [0.1, 0.15) is 54.8 Å². The average molecular weight is 326 g/mol. The zero-order chi connectivity index (χ0) is 16.9. The second kappa shape index (κ2) is 7.60. The standard InChI is InChI=1S/C19H26N4O/c1-14-17(13-22-23(14)2)12-21-19(24)18(15-7-4-3-5-8-15)16-9-6-10-20-11-16/h6,9-11,13,15,18H,3-5,7-8,12H2,1-2H3,(H,21,24). The second-order valence-corrected chi connectivity index (χ2v) is 6.76. The molecule has 2 aromatic heterocycles. The Kier molecular flexibility index (Phi) is 5.28. The third-order valence-electron chi connectivity index (χ3n) is 5.24. The third-order valence-corrected chi connectivity index (χ3v) is 5.24. The molecule has 0 saturated heterocycles. The summed E-state index contributed by atoms with van der Waals surface area (Å²) in [5.74, 6) is 0.423. The quantitative estimate of drug-likeness (QED) is 0.918. The zero-order valence-electron chi connectivity index (χ0n) is 14.5. The number of carbonyl (C=O) groups excluding carboxylic acids is 1. The summed E-state index contributed by atoms with van der Waals surface area (Å²) in [5, 5.41) is 7.37. The molecule has 5 heteroatoms. The number of rotatable bonds is 5. The molecular formula is C19H26N4O. The van der Waals surface area contributed by atoms with Gasteiger partial charge in [0.2, 0.25) is 5.91 Å². The van der Waals surface area contributed by atoms with Gasteiger partial charge >= 0.3 is 0 Å². The maximum Gasteiger partial charge on any atom is 0.228 e. The van der Waals surface area contributed by atoms with Crippen LogP contribution in [-0.4, -0.2) is 20.7 Å². The van der Waals surface area contributed by atoms with Crippen LogP contribution in [0.2, 0.25) is 0 Å². The Morgan fingerprint density at radius 2 is 2.12 bits per heavy atom. The Morgan fingerprint density at radius 1 is 1.33 bits per heavy atom. The fourth-order valence-corrected chi connectivity index (χ4v) is 3.68. The molecule has 0 bridgehead atoms. The van der Waals surface area contributed by atoms with E-state index in [2.05, 4.69) is 15.4 Å². The zero-order valence-corrected chi connectivity index (χ0v) is 14.5. The number of pyridine rings is 1. The van der Waals surface area contributed by atoms with E-state index in [0.29, 0.717) is 12.5 Å². The van der Waals surface area contributed by atoms with Crippen LogP contribution in [0.25, 0.3) is 0 Å². The Morgan fingerprint density at radius 3 is 2.75 bits per heavy atom. The van der Waals surface area contributed by atoms with Crippen molar-refractivity contribution in [3.8, 4) is 0 Å². The molecule has 1 atom stereocenters. The Labute approximate surface area is 143 Å². The van der Waals surface area contributed by atoms with Gasteiger partial charge in [-0.15, -0.1) is 0 Å². The van der Waals surface area contributed by atoms with E-state index in [9.17, 15) is 4.79 Å². The van der Waals surface area contributed by atoms with E-state index >= 15 is 0 Å². The molecule has 1 saturated carbocycles. The number of nitrogens with zero attached hydrogens (tertiary/aromatic N) is 3. The largest absolute Gasteiger partial charge is 0.351 e. The normalized spacial score (nSPS) is 16.8. The van der Waals surface area contributed by atoms with Gasteiger partial charge in [0.05, 0.1) is 12.1 Å². The van der Waals surface area contributed by atoms with E-state index < -0.39 is 0 Å². The van der Waals surface area contributed by atoms with E-state index in [1.165, 1.54) is 19.3 Å². The van der Waals surface area contributed by atoms with Crippen molar-refractivity contribution in [2.75, 3.05) is 0 Å². The van der Waals surface area contributed by atoms with Crippen molar-refractivity contribution in [3.63, 3.8) is 0 Å². The second-order valence-electron chi connectivity index (χ2n) is 6.76. The molecule has 5 nitrogen and oxygen atoms in total. The van der Waals surface area contributed by atoms with Crippen LogP contribution in [0.15, 0.2) is 30.7 Å². The molecule has 1 amide bonds. The average Bonchev–Trinajstić information content (AvgIpc) is 2.94. The first kappa shape index (κ1) is 16.7. The van der Waals surface area contributed by atoms with Gasteiger partial charge in [0.25, 0.3) is 0 Å². The maximum absolute atomic E-state index is 13.0. The molecule has 0 spiro atoms. The van der Waals surface area contributed by atoms with Crippen molar-refractivity contribution in [1.82, 2.24) is 20.1 Å². The van der Waals surface area contributed by atoms with Gasteiger partial charge in [0.15, 0.2) is 0 Å². The number of hydrogen-bond acceptors (Lipinski definition) is 3. The SMILES string of the molecule is Cc1c(CNC(=O)C(c2cccnc2)C2CCCCC2)cnn1C. The molecule has 2 heterocycles. The minimum absolute atomic E-state index is 0.101. The Balaban J connectivity index is 1.74. The number of hydrogen-bond donors (Lipinski definition) is 1. The molecule has 1 unspecified atom stereocenters. The van der Waals surface area contributed by atoms with Gasteiger partial charge in [-0.05, 0) is 37.3 Å². The summed E-state index contributed by atoms with van der Waals surface area (Å²) >= 11 is 0. The first-order chi connectivity index (χ1) is 11.7. The summed E-state index contributed by atoms with van der Waals surface area (Å²) in [6, 6.07) is 3.95. The van der Waals surface area contributed by atoms with E-state index in [-0.39, 0.29) is 11.8 Å². The van der Waals surface area contributed by atoms with Crippen LogP contribution in [0, 0.1) is 12.8 Å². The molecule has 3 rings (SSSR count). The Bertz CT molecular complexity index is 674. The Hall–Kier alpha value is -2.17. The van der Waals surface area contributed by atoms with Crippen molar-refractivity contribution in [2.45, 2.75) is 51.5 Å². The minimum atomic E-state index is -0.101. The number of aromatic nitrogens is 3. The maximum atomic E-state index is 13.0. The molecule has 1 fully saturated rings. The fraction of sp³-hybridized carbons (Fsp3) is 0.526. The number of aryl methyl sites for hydroxylation is 1. The lowest BCUT2D eigenvalue weighted by Crippen LogP contribution is -2.34. The highest BCUT2D eigenvalue weighted by molar-refractivity contribution is 5.83. The molecule has 24 heavy (non-hydrogen) atoms. The van der Waals surface area contributed by atoms with Crippen molar-refractivity contribution in [2.24, 2.45) is 13.0 Å². The summed E-state index contributed by atoms with van der Waals surface area (Å²) in [4.78, 5) is 17.2. The number of carbonyl (C=O) groups is 1. The van der Waals surface area contributed by atoms with Gasteiger partial charge in [-0.25, -0.2) is 0 Å². The summed E-state index contributed by atoms with van der Waals surface area (Å²) in [7, 11) is 1.92. The van der Waals surface area contributed by atoms with Crippen LogP contribution in [0.5, 0.6) is 0 Å². The summed E-state index contributed by atoms with van der Waals surface area (Å²) in [5.41, 5.74) is 3.19. The van der Waals surface area contributed by atoms with Crippen molar-refractivity contribution in [3.05, 3.63) is 47.5 Å². The molecule has 128 valence electrons. The molecule has 0 radical (unpaired) electrons. The van der Waals surface area contributed by atoms with Crippen molar-refractivity contribution >= 4 is 5.91 Å². The molecule has 0 aromatic carbocycles. The predicted octanol–water partition coefficient (Wildman–Crippen LogP) is 3.10. The van der Waals surface area contributed by atoms with Crippen LogP contribution in [-0.2, 0) is 18.4 Å². The van der Waals surface area contributed by atoms with E-state index in [0.717, 1.165) is 29.7 Å². The lowest BCUT2D eigenvalue weighted by atomic mass is 9.76. The summed E-state index contributed by atoms with van der Waals surface area (Å²) in [6.45, 7) is 2.55. The first-order valence-electron chi connectivity index (χ1n) is 8.82. The molecule has 0 aliphatic heterocycles. The van der Waals surface area contributed by atoms with Crippen molar-refractivity contribution in [1.29, 1.82) is 0 Å². The molecule has 1 aliphatic carbocycles. The van der Waals surface area contributed by atoms with Gasteiger partial charge in [-0.3, -0.25) is 14.5 Å². The third kappa shape index (κ3) is 3.66. The van der Waals surface area contributed by atoms with Crippen molar-refractivity contribution < 1.29 is 4.79 Å². The summed E-state index contributed by atoms with van der Waals surface area (Å²) < 4.78 is 1.83. The van der Waals surface area contributed by atoms with Gasteiger partial charge in [-0.2, -0.15) is 5.10 Å². The molecule has 2 aromatic rings. The smallest absolute Gasteiger partial charge is 0.228 e. The van der Waals surface area contributed by atoms with Crippen LogP contribution in [0.3, 0.4) is 0 Å². The minimum Gasteiger partial charge on any atom is -0.351 e. The predicted molar refractivity (Wildman–Crippen MR) is 93.3 cm³/mol. The molecule has 1 aliphatic rings. The van der Waals surface area contributed by atoms with Crippen LogP contribution < -0.4 is 5.32 Å². The lowest BCUT2D eigenvalue weighted by Gasteiger charge is -2.29. The van der Waals surface area contributed by atoms with E-state index in [4.69, 9.17) is 0 Å².